The van der Waals surface area contributed by atoms with E-state index >= 15 is 0 Å². The van der Waals surface area contributed by atoms with Crippen LogP contribution in [0.2, 0.25) is 0 Å². The number of fused-ring (bicyclic) bond motifs is 1. The number of nitrogens with one attached hydrogen (secondary N) is 1. The van der Waals surface area contributed by atoms with E-state index in [1.165, 1.54) is 4.68 Å². The third-order valence-electron chi connectivity index (χ3n) is 4.06. The van der Waals surface area contributed by atoms with Crippen LogP contribution in [0.15, 0.2) is 48.5 Å². The lowest BCUT2D eigenvalue weighted by molar-refractivity contribution is 0.101. The molecule has 0 spiro atoms. The Morgan fingerprint density at radius 2 is 2.08 bits per heavy atom. The Kier molecular flexibility index (Phi) is 3.83. The van der Waals surface area contributed by atoms with Crippen LogP contribution < -0.4 is 10.8 Å². The van der Waals surface area contributed by atoms with Crippen LogP contribution in [0, 0.1) is 0 Å². The van der Waals surface area contributed by atoms with Gasteiger partial charge >= 0.3 is 7.12 Å². The van der Waals surface area contributed by atoms with Gasteiger partial charge in [-0.05, 0) is 23.2 Å². The maximum atomic E-state index is 12.5. The molecule has 1 aliphatic heterocycles. The van der Waals surface area contributed by atoms with Crippen LogP contribution in [-0.2, 0) is 18.3 Å². The normalized spacial score (nSPS) is 13.0. The van der Waals surface area contributed by atoms with Crippen molar-refractivity contribution in [3.8, 4) is 11.4 Å². The number of carbonyl (C=O) groups is 1. The fourth-order valence-electron chi connectivity index (χ4n) is 2.77. The zero-order valence-electron chi connectivity index (χ0n) is 13.5. The number of aryl methyl sites for hydroxylation is 1. The second kappa shape index (κ2) is 6.16. The Morgan fingerprint density at radius 1 is 1.28 bits per heavy atom. The van der Waals surface area contributed by atoms with Gasteiger partial charge in [-0.25, -0.2) is 9.67 Å². The van der Waals surface area contributed by atoms with Gasteiger partial charge in [0.25, 0.3) is 5.91 Å². The van der Waals surface area contributed by atoms with E-state index < -0.39 is 7.12 Å². The number of anilines is 1. The summed E-state index contributed by atoms with van der Waals surface area (Å²) in [6.45, 7) is 0.369. The van der Waals surface area contributed by atoms with Gasteiger partial charge in [-0.15, -0.1) is 0 Å². The van der Waals surface area contributed by atoms with Crippen LogP contribution in [0.1, 0.15) is 16.2 Å². The molecule has 0 atom stereocenters. The molecule has 0 saturated heterocycles. The van der Waals surface area contributed by atoms with E-state index in [1.807, 2.05) is 36.4 Å². The monoisotopic (exact) mass is 334 g/mol. The molecule has 0 radical (unpaired) electrons. The molecule has 2 heterocycles. The highest BCUT2D eigenvalue weighted by molar-refractivity contribution is 6.61. The van der Waals surface area contributed by atoms with E-state index in [4.69, 9.17) is 4.65 Å². The Hall–Kier alpha value is -2.97. The number of carbonyl (C=O) groups excluding carboxylic acids is 1. The summed E-state index contributed by atoms with van der Waals surface area (Å²) in [5.74, 6) is 0.327. The summed E-state index contributed by atoms with van der Waals surface area (Å²) in [4.78, 5) is 16.9. The highest BCUT2D eigenvalue weighted by Crippen LogP contribution is 2.17. The SMILES string of the molecule is Cn1nc(-c2ccccc2)nc1C(=O)Nc1ccc2c(c1)B(O)OC2. The van der Waals surface area contributed by atoms with Gasteiger partial charge in [0.1, 0.15) is 0 Å². The zero-order chi connectivity index (χ0) is 17.4. The first-order valence-corrected chi connectivity index (χ1v) is 7.82. The first-order valence-electron chi connectivity index (χ1n) is 7.82. The summed E-state index contributed by atoms with van der Waals surface area (Å²) in [6.07, 6.45) is 0. The standard InChI is InChI=1S/C17H15BN4O3/c1-22-16(20-15(21-22)11-5-3-2-4-6-11)17(23)19-13-8-7-12-10-25-18(24)14(12)9-13/h2-9,24H,10H2,1H3,(H,19,23). The molecular formula is C17H15BN4O3. The fourth-order valence-corrected chi connectivity index (χ4v) is 2.77. The lowest BCUT2D eigenvalue weighted by Gasteiger charge is -2.06. The van der Waals surface area contributed by atoms with Gasteiger partial charge in [0.2, 0.25) is 5.82 Å². The van der Waals surface area contributed by atoms with Crippen molar-refractivity contribution in [2.75, 3.05) is 5.32 Å². The number of aromatic nitrogens is 3. The van der Waals surface area contributed by atoms with Crippen LogP contribution in [0.4, 0.5) is 5.69 Å². The van der Waals surface area contributed by atoms with Crippen molar-refractivity contribution < 1.29 is 14.5 Å². The van der Waals surface area contributed by atoms with Crippen molar-refractivity contribution in [3.63, 3.8) is 0 Å². The lowest BCUT2D eigenvalue weighted by atomic mass is 9.79. The maximum Gasteiger partial charge on any atom is 0.491 e. The van der Waals surface area contributed by atoms with Crippen molar-refractivity contribution in [2.45, 2.75) is 6.61 Å². The number of nitrogens with zero attached hydrogens (tertiary/aromatic N) is 3. The Morgan fingerprint density at radius 3 is 2.88 bits per heavy atom. The number of hydrogen-bond acceptors (Lipinski definition) is 5. The van der Waals surface area contributed by atoms with Gasteiger partial charge in [-0.3, -0.25) is 4.79 Å². The second-order valence-electron chi connectivity index (χ2n) is 5.78. The molecule has 4 rings (SSSR count). The molecule has 1 amide bonds. The summed E-state index contributed by atoms with van der Waals surface area (Å²) >= 11 is 0. The smallest absolute Gasteiger partial charge is 0.423 e. The average Bonchev–Trinajstić information content (AvgIpc) is 3.19. The molecule has 2 aromatic carbocycles. The summed E-state index contributed by atoms with van der Waals surface area (Å²) in [5.41, 5.74) is 2.99. The Balaban J connectivity index is 1.58. The van der Waals surface area contributed by atoms with E-state index in [2.05, 4.69) is 15.4 Å². The van der Waals surface area contributed by atoms with Crippen LogP contribution in [-0.4, -0.2) is 32.8 Å². The number of hydrogen-bond donors (Lipinski definition) is 2. The molecule has 2 N–H and O–H groups in total. The summed E-state index contributed by atoms with van der Waals surface area (Å²) in [6, 6.07) is 14.8. The molecule has 0 aliphatic carbocycles. The van der Waals surface area contributed by atoms with Gasteiger partial charge < -0.3 is 15.0 Å². The number of amides is 1. The largest absolute Gasteiger partial charge is 0.491 e. The van der Waals surface area contributed by atoms with Crippen molar-refractivity contribution in [2.24, 2.45) is 7.05 Å². The van der Waals surface area contributed by atoms with E-state index in [-0.39, 0.29) is 11.7 Å². The fraction of sp³-hybridized carbons (Fsp3) is 0.118. The van der Waals surface area contributed by atoms with Gasteiger partial charge in [-0.2, -0.15) is 5.10 Å². The van der Waals surface area contributed by atoms with E-state index in [0.29, 0.717) is 23.6 Å². The van der Waals surface area contributed by atoms with Crippen LogP contribution in [0.25, 0.3) is 11.4 Å². The highest BCUT2D eigenvalue weighted by atomic mass is 16.5. The van der Waals surface area contributed by atoms with Crippen molar-refractivity contribution in [1.82, 2.24) is 14.8 Å². The van der Waals surface area contributed by atoms with E-state index in [9.17, 15) is 9.82 Å². The van der Waals surface area contributed by atoms with E-state index in [1.54, 1.807) is 19.2 Å². The Bertz CT molecular complexity index is 942. The molecule has 25 heavy (non-hydrogen) atoms. The van der Waals surface area contributed by atoms with Crippen LogP contribution in [0.5, 0.6) is 0 Å². The molecule has 7 nitrogen and oxygen atoms in total. The van der Waals surface area contributed by atoms with Crippen LogP contribution in [0.3, 0.4) is 0 Å². The quantitative estimate of drug-likeness (QED) is 0.696. The van der Waals surface area contributed by atoms with Crippen molar-refractivity contribution in [1.29, 1.82) is 0 Å². The molecular weight excluding hydrogens is 319 g/mol. The maximum absolute atomic E-state index is 12.5. The van der Waals surface area contributed by atoms with Gasteiger partial charge in [0, 0.05) is 18.3 Å². The summed E-state index contributed by atoms with van der Waals surface area (Å²) in [5, 5.41) is 16.9. The minimum absolute atomic E-state index is 0.205. The number of benzene rings is 2. The van der Waals surface area contributed by atoms with Crippen LogP contribution >= 0.6 is 0 Å². The van der Waals surface area contributed by atoms with Crippen molar-refractivity contribution in [3.05, 3.63) is 59.9 Å². The molecule has 0 fully saturated rings. The minimum Gasteiger partial charge on any atom is -0.423 e. The molecule has 0 saturated carbocycles. The molecule has 124 valence electrons. The highest BCUT2D eigenvalue weighted by Gasteiger charge is 2.27. The molecule has 3 aromatic rings. The van der Waals surface area contributed by atoms with Gasteiger partial charge in [0.05, 0.1) is 6.61 Å². The lowest BCUT2D eigenvalue weighted by Crippen LogP contribution is -2.28. The van der Waals surface area contributed by atoms with Crippen molar-refractivity contribution >= 4 is 24.2 Å². The molecule has 0 bridgehead atoms. The summed E-state index contributed by atoms with van der Waals surface area (Å²) < 4.78 is 6.60. The molecule has 1 aliphatic rings. The second-order valence-corrected chi connectivity index (χ2v) is 5.78. The number of rotatable bonds is 3. The van der Waals surface area contributed by atoms with Gasteiger partial charge in [-0.1, -0.05) is 36.4 Å². The third kappa shape index (κ3) is 2.93. The molecule has 8 heteroatoms. The predicted molar refractivity (Wildman–Crippen MR) is 93.2 cm³/mol. The van der Waals surface area contributed by atoms with E-state index in [0.717, 1.165) is 11.1 Å². The predicted octanol–water partition coefficient (Wildman–Crippen LogP) is 0.952. The Labute approximate surface area is 144 Å². The zero-order valence-corrected chi connectivity index (χ0v) is 13.5. The van der Waals surface area contributed by atoms with Gasteiger partial charge in [0.15, 0.2) is 5.82 Å². The minimum atomic E-state index is -0.952. The third-order valence-corrected chi connectivity index (χ3v) is 4.06. The summed E-state index contributed by atoms with van der Waals surface area (Å²) in [7, 11) is 0.723. The first kappa shape index (κ1) is 15.6. The molecule has 1 aromatic heterocycles. The average molecular weight is 334 g/mol. The first-order chi connectivity index (χ1) is 12.1. The topological polar surface area (TPSA) is 89.3 Å². The molecule has 0 unspecified atom stereocenters.